The molecule has 0 amide bonds. The number of carbonyl (C=O) groups is 4. The van der Waals surface area contributed by atoms with Crippen LogP contribution in [0.4, 0.5) is 9.59 Å². The molecule has 2 N–H and O–H groups in total. The molecule has 0 heterocycles. The number of rotatable bonds is 20. The number of allylic oxidation sites excluding steroid dienone is 2. The molecule has 0 bridgehead atoms. The maximum Gasteiger partial charge on any atom is 0.508 e. The summed E-state index contributed by atoms with van der Waals surface area (Å²) in [7, 11) is 0. The summed E-state index contributed by atoms with van der Waals surface area (Å²) in [5.41, 5.74) is -2.69. The van der Waals surface area contributed by atoms with Crippen molar-refractivity contribution in [2.75, 3.05) is 33.0 Å². The van der Waals surface area contributed by atoms with Crippen LogP contribution < -0.4 is 0 Å². The SMILES string of the molecule is C=CC1CCC(OC(=O)C(C)(C)OCCOC(=O)OC(C)COCC(C)OC(=O)OCC(C)OC(C)(C)C(=O)OC2CC(C=C)CCC2O)C(O)C1.[Y].[Y]. The molecule has 304 valence electrons. The van der Waals surface area contributed by atoms with Crippen molar-refractivity contribution < 1.29 is 137 Å². The van der Waals surface area contributed by atoms with E-state index in [2.05, 4.69) is 13.2 Å². The molecule has 15 nitrogen and oxygen atoms in total. The predicted octanol–water partition coefficient (Wildman–Crippen LogP) is 4.58. The van der Waals surface area contributed by atoms with Gasteiger partial charge in [0.1, 0.15) is 37.6 Å². The van der Waals surface area contributed by atoms with Crippen LogP contribution in [-0.2, 0) is 118 Å². The molecular weight excluding hydrogens is 862 g/mol. The Morgan fingerprint density at radius 3 is 1.76 bits per heavy atom. The zero-order chi connectivity index (χ0) is 39.1. The average Bonchev–Trinajstić information content (AvgIpc) is 3.07. The van der Waals surface area contributed by atoms with Crippen molar-refractivity contribution in [3.05, 3.63) is 25.3 Å². The summed E-state index contributed by atoms with van der Waals surface area (Å²) in [5, 5.41) is 20.5. The van der Waals surface area contributed by atoms with Crippen LogP contribution in [0, 0.1) is 11.8 Å². The van der Waals surface area contributed by atoms with Gasteiger partial charge < -0.3 is 52.8 Å². The molecule has 0 aromatic rings. The van der Waals surface area contributed by atoms with E-state index in [1.165, 1.54) is 27.7 Å². The Kier molecular flexibility index (Phi) is 25.6. The van der Waals surface area contributed by atoms with Gasteiger partial charge in [-0.05, 0) is 98.8 Å². The van der Waals surface area contributed by atoms with Crippen molar-refractivity contribution in [1.82, 2.24) is 0 Å². The number of hydrogen-bond acceptors (Lipinski definition) is 15. The van der Waals surface area contributed by atoms with E-state index in [1.807, 2.05) is 0 Å². The van der Waals surface area contributed by atoms with Gasteiger partial charge in [0, 0.05) is 65.4 Å². The molecule has 2 fully saturated rings. The number of aliphatic hydroxyl groups excluding tert-OH is 2. The molecule has 9 atom stereocenters. The largest absolute Gasteiger partial charge is 0.508 e. The molecule has 54 heavy (non-hydrogen) atoms. The Hall–Kier alpha value is -1.03. The number of carbonyl (C=O) groups excluding carboxylic acids is 4. The third kappa shape index (κ3) is 19.4. The van der Waals surface area contributed by atoms with Gasteiger partial charge in [0.15, 0.2) is 11.2 Å². The Morgan fingerprint density at radius 2 is 1.19 bits per heavy atom. The first-order valence-corrected chi connectivity index (χ1v) is 18.0. The zero-order valence-corrected chi connectivity index (χ0v) is 38.6. The van der Waals surface area contributed by atoms with Crippen LogP contribution in [0.5, 0.6) is 0 Å². The number of aliphatic hydroxyl groups is 2. The van der Waals surface area contributed by atoms with Crippen molar-refractivity contribution in [3.63, 3.8) is 0 Å². The molecule has 17 heteroatoms. The summed E-state index contributed by atoms with van der Waals surface area (Å²) >= 11 is 0. The molecule has 2 aliphatic carbocycles. The van der Waals surface area contributed by atoms with Gasteiger partial charge in [-0.2, -0.15) is 0 Å². The van der Waals surface area contributed by atoms with E-state index in [9.17, 15) is 29.4 Å². The van der Waals surface area contributed by atoms with Gasteiger partial charge in [0.2, 0.25) is 0 Å². The summed E-state index contributed by atoms with van der Waals surface area (Å²) in [5.74, 6) is -0.923. The van der Waals surface area contributed by atoms with Crippen LogP contribution in [0.25, 0.3) is 0 Å². The minimum atomic E-state index is -1.36. The summed E-state index contributed by atoms with van der Waals surface area (Å²) in [6.07, 6.45) is 0.338. The quantitative estimate of drug-likeness (QED) is 0.0746. The van der Waals surface area contributed by atoms with Crippen molar-refractivity contribution in [3.8, 4) is 0 Å². The molecule has 0 aromatic carbocycles. The maximum absolute atomic E-state index is 12.8. The van der Waals surface area contributed by atoms with Crippen LogP contribution in [-0.4, -0.2) is 121 Å². The molecule has 0 aromatic heterocycles. The normalized spacial score (nSPS) is 24.5. The topological polar surface area (TPSA) is 192 Å². The van der Waals surface area contributed by atoms with Crippen molar-refractivity contribution in [1.29, 1.82) is 0 Å². The fourth-order valence-corrected chi connectivity index (χ4v) is 5.66. The zero-order valence-electron chi connectivity index (χ0n) is 32.9. The second-order valence-electron chi connectivity index (χ2n) is 14.5. The third-order valence-corrected chi connectivity index (χ3v) is 8.76. The first-order chi connectivity index (χ1) is 24.4. The van der Waals surface area contributed by atoms with Gasteiger partial charge in [0.05, 0.1) is 38.1 Å². The van der Waals surface area contributed by atoms with Gasteiger partial charge in [-0.15, -0.1) is 13.2 Å². The van der Waals surface area contributed by atoms with Crippen LogP contribution in [0.1, 0.15) is 87.0 Å². The van der Waals surface area contributed by atoms with E-state index in [0.29, 0.717) is 25.7 Å². The maximum atomic E-state index is 12.8. The molecule has 2 saturated carbocycles. The van der Waals surface area contributed by atoms with E-state index in [1.54, 1.807) is 32.9 Å². The summed E-state index contributed by atoms with van der Waals surface area (Å²) < 4.78 is 48.3. The van der Waals surface area contributed by atoms with E-state index in [-0.39, 0.29) is 110 Å². The Labute approximate surface area is 370 Å². The first-order valence-electron chi connectivity index (χ1n) is 18.0. The number of ether oxygens (including phenoxy) is 9. The van der Waals surface area contributed by atoms with Crippen LogP contribution in [0.3, 0.4) is 0 Å². The number of hydrogen-bond donors (Lipinski definition) is 2. The summed E-state index contributed by atoms with van der Waals surface area (Å²) in [4.78, 5) is 49.7. The molecule has 2 aliphatic rings. The van der Waals surface area contributed by atoms with Crippen LogP contribution in [0.2, 0.25) is 0 Å². The molecule has 0 saturated heterocycles. The minimum Gasteiger partial charge on any atom is -0.457 e. The number of esters is 2. The standard InChI is InChI=1S/C37H60O15.2Y/c1-10-26-13-15-30(29(39)18-26)50-32(40)36(6,7)47-17-16-45-34(42)48-23(3)20-44-21-24(4)49-35(43)46-22-25(5)52-37(8,9)33(41)51-31-19-27(11-2)12-14-28(31)38;;/h10-11,23-31,38-39H,1-2,12-22H2,3-9H3;;. The summed E-state index contributed by atoms with van der Waals surface area (Å²) in [6.45, 7) is 17.9. The van der Waals surface area contributed by atoms with Crippen molar-refractivity contribution >= 4 is 24.2 Å². The summed E-state index contributed by atoms with van der Waals surface area (Å²) in [6, 6.07) is 0. The monoisotopic (exact) mass is 922 g/mol. The van der Waals surface area contributed by atoms with Gasteiger partial charge in [-0.3, -0.25) is 0 Å². The van der Waals surface area contributed by atoms with E-state index in [4.69, 9.17) is 42.6 Å². The van der Waals surface area contributed by atoms with Crippen LogP contribution in [0.15, 0.2) is 25.3 Å². The third-order valence-electron chi connectivity index (χ3n) is 8.76. The minimum absolute atomic E-state index is 0. The van der Waals surface area contributed by atoms with Crippen molar-refractivity contribution in [2.24, 2.45) is 11.8 Å². The van der Waals surface area contributed by atoms with E-state index >= 15 is 0 Å². The van der Waals surface area contributed by atoms with E-state index in [0.717, 1.165) is 12.8 Å². The second-order valence-corrected chi connectivity index (χ2v) is 14.5. The fraction of sp³-hybridized carbons (Fsp3) is 0.784. The molecule has 0 aliphatic heterocycles. The molecule has 2 rings (SSSR count). The van der Waals surface area contributed by atoms with Crippen molar-refractivity contribution in [2.45, 2.75) is 141 Å². The van der Waals surface area contributed by atoms with Gasteiger partial charge in [0.25, 0.3) is 0 Å². The predicted molar refractivity (Wildman–Crippen MR) is 186 cm³/mol. The van der Waals surface area contributed by atoms with Gasteiger partial charge in [-0.25, -0.2) is 19.2 Å². The Bertz CT molecular complexity index is 1180. The van der Waals surface area contributed by atoms with E-state index < -0.39 is 78.2 Å². The molecule has 9 unspecified atom stereocenters. The fourth-order valence-electron chi connectivity index (χ4n) is 5.66. The molecule has 0 spiro atoms. The molecule has 2 radical (unpaired) electrons. The Morgan fingerprint density at radius 1 is 0.667 bits per heavy atom. The Balaban J connectivity index is 0.0000140. The smallest absolute Gasteiger partial charge is 0.457 e. The average molecular weight is 923 g/mol. The first kappa shape index (κ1) is 53.0. The van der Waals surface area contributed by atoms with Gasteiger partial charge >= 0.3 is 24.2 Å². The van der Waals surface area contributed by atoms with Gasteiger partial charge in [-0.1, -0.05) is 12.2 Å². The van der Waals surface area contributed by atoms with Crippen LogP contribution >= 0.6 is 0 Å². The molecular formula is C37H60O15Y2. The second kappa shape index (κ2) is 26.1.